The topological polar surface area (TPSA) is 76.4 Å². The van der Waals surface area contributed by atoms with Gasteiger partial charge in [0.05, 0.1) is 19.3 Å². The first kappa shape index (κ1) is 22.7. The minimum atomic E-state index is 0. The molecule has 0 aliphatic carbocycles. The van der Waals surface area contributed by atoms with Crippen molar-refractivity contribution in [3.05, 3.63) is 72.3 Å². The Bertz CT molecular complexity index is 863. The minimum absolute atomic E-state index is 0. The van der Waals surface area contributed by atoms with E-state index in [2.05, 4.69) is 56.9 Å². The summed E-state index contributed by atoms with van der Waals surface area (Å²) in [7, 11) is 1.68. The van der Waals surface area contributed by atoms with Crippen molar-refractivity contribution in [1.82, 2.24) is 25.4 Å². The Morgan fingerprint density at radius 2 is 1.76 bits per heavy atom. The predicted molar refractivity (Wildman–Crippen MR) is 126 cm³/mol. The van der Waals surface area contributed by atoms with Crippen LogP contribution in [0.25, 0.3) is 5.69 Å². The van der Waals surface area contributed by atoms with Crippen molar-refractivity contribution in [1.29, 1.82) is 0 Å². The van der Waals surface area contributed by atoms with E-state index in [9.17, 15) is 0 Å². The second-order valence-electron chi connectivity index (χ2n) is 6.23. The van der Waals surface area contributed by atoms with Gasteiger partial charge in [-0.2, -0.15) is 5.10 Å². The molecule has 1 aromatic heterocycles. The number of hydrogen-bond donors (Lipinski definition) is 2. The molecular formula is C21H27IN6O. The van der Waals surface area contributed by atoms with Gasteiger partial charge in [-0.3, -0.25) is 0 Å². The minimum Gasteiger partial charge on any atom is -0.497 e. The van der Waals surface area contributed by atoms with Gasteiger partial charge >= 0.3 is 0 Å². The Morgan fingerprint density at radius 1 is 1.03 bits per heavy atom. The van der Waals surface area contributed by atoms with Crippen molar-refractivity contribution in [3.8, 4) is 11.4 Å². The highest BCUT2D eigenvalue weighted by Gasteiger charge is 2.01. The molecule has 0 radical (unpaired) electrons. The van der Waals surface area contributed by atoms with Crippen LogP contribution in [-0.4, -0.2) is 40.9 Å². The van der Waals surface area contributed by atoms with Crippen molar-refractivity contribution >= 4 is 29.9 Å². The molecule has 0 spiro atoms. The van der Waals surface area contributed by atoms with Gasteiger partial charge in [-0.15, -0.1) is 24.0 Å². The fourth-order valence-corrected chi connectivity index (χ4v) is 2.73. The van der Waals surface area contributed by atoms with Crippen LogP contribution in [0, 0.1) is 0 Å². The zero-order valence-electron chi connectivity index (χ0n) is 16.7. The second-order valence-corrected chi connectivity index (χ2v) is 6.23. The molecule has 0 saturated heterocycles. The zero-order valence-corrected chi connectivity index (χ0v) is 19.0. The van der Waals surface area contributed by atoms with E-state index in [1.165, 1.54) is 11.9 Å². The van der Waals surface area contributed by atoms with E-state index in [1.807, 2.05) is 24.3 Å². The van der Waals surface area contributed by atoms with Crippen molar-refractivity contribution in [3.63, 3.8) is 0 Å². The first-order valence-electron chi connectivity index (χ1n) is 9.37. The third-order valence-electron chi connectivity index (χ3n) is 4.25. The average molecular weight is 506 g/mol. The van der Waals surface area contributed by atoms with Crippen molar-refractivity contribution in [2.45, 2.75) is 19.9 Å². The number of halogens is 1. The first-order valence-corrected chi connectivity index (χ1v) is 9.37. The molecule has 29 heavy (non-hydrogen) atoms. The molecule has 8 heteroatoms. The van der Waals surface area contributed by atoms with Crippen LogP contribution >= 0.6 is 24.0 Å². The number of nitrogens with zero attached hydrogens (tertiary/aromatic N) is 4. The van der Waals surface area contributed by atoms with Gasteiger partial charge in [0.15, 0.2) is 5.96 Å². The molecule has 0 bridgehead atoms. The molecule has 0 saturated carbocycles. The van der Waals surface area contributed by atoms with Gasteiger partial charge < -0.3 is 15.4 Å². The maximum Gasteiger partial charge on any atom is 0.191 e. The van der Waals surface area contributed by atoms with Crippen LogP contribution in [0.5, 0.6) is 5.75 Å². The standard InChI is InChI=1S/C21H26N6O.HI/c1-3-23-21(24-13-12-17-6-10-20(28-2)11-7-17)25-14-18-4-8-19(9-5-18)27-16-22-15-26-27;/h4-11,15-16H,3,12-14H2,1-2H3,(H2,23,24,25);1H. The Kier molecular flexibility index (Phi) is 9.42. The molecule has 0 aliphatic heterocycles. The fraction of sp³-hybridized carbons (Fsp3) is 0.286. The third-order valence-corrected chi connectivity index (χ3v) is 4.25. The van der Waals surface area contributed by atoms with E-state index in [1.54, 1.807) is 18.1 Å². The molecule has 3 rings (SSSR count). The summed E-state index contributed by atoms with van der Waals surface area (Å²) in [5.74, 6) is 1.69. The normalized spacial score (nSPS) is 10.9. The van der Waals surface area contributed by atoms with Gasteiger partial charge in [0.2, 0.25) is 0 Å². The largest absolute Gasteiger partial charge is 0.497 e. The van der Waals surface area contributed by atoms with E-state index in [0.29, 0.717) is 6.54 Å². The number of hydrogen-bond acceptors (Lipinski definition) is 4. The predicted octanol–water partition coefficient (Wildman–Crippen LogP) is 3.19. The van der Waals surface area contributed by atoms with E-state index < -0.39 is 0 Å². The van der Waals surface area contributed by atoms with Crippen LogP contribution in [0.3, 0.4) is 0 Å². The molecule has 0 fully saturated rings. The molecule has 0 unspecified atom stereocenters. The number of guanidine groups is 1. The number of aliphatic imine (C=N–C) groups is 1. The van der Waals surface area contributed by atoms with Crippen LogP contribution in [0.15, 0.2) is 66.2 Å². The number of nitrogens with one attached hydrogen (secondary N) is 2. The molecular weight excluding hydrogens is 479 g/mol. The smallest absolute Gasteiger partial charge is 0.191 e. The SMILES string of the molecule is CCNC(=NCc1ccc(-n2cncn2)cc1)NCCc1ccc(OC)cc1.I. The summed E-state index contributed by atoms with van der Waals surface area (Å²) in [4.78, 5) is 8.64. The first-order chi connectivity index (χ1) is 13.8. The summed E-state index contributed by atoms with van der Waals surface area (Å²) in [6, 6.07) is 16.3. The molecule has 0 aliphatic rings. The second kappa shape index (κ2) is 12.1. The Hall–Kier alpha value is -2.62. The molecule has 7 nitrogen and oxygen atoms in total. The Balaban J connectivity index is 0.00000300. The monoisotopic (exact) mass is 506 g/mol. The number of methoxy groups -OCH3 is 1. The Labute approximate surface area is 188 Å². The summed E-state index contributed by atoms with van der Waals surface area (Å²) >= 11 is 0. The van der Waals surface area contributed by atoms with E-state index >= 15 is 0 Å². The lowest BCUT2D eigenvalue weighted by Crippen LogP contribution is -2.38. The van der Waals surface area contributed by atoms with E-state index in [4.69, 9.17) is 4.74 Å². The average Bonchev–Trinajstić information content (AvgIpc) is 3.28. The van der Waals surface area contributed by atoms with Crippen LogP contribution in [0.4, 0.5) is 0 Å². The van der Waals surface area contributed by atoms with Gasteiger partial charge in [-0.1, -0.05) is 24.3 Å². The van der Waals surface area contributed by atoms with E-state index in [0.717, 1.165) is 42.5 Å². The van der Waals surface area contributed by atoms with Gasteiger partial charge in [-0.05, 0) is 48.7 Å². The summed E-state index contributed by atoms with van der Waals surface area (Å²) in [6.45, 7) is 4.30. The van der Waals surface area contributed by atoms with Crippen molar-refractivity contribution < 1.29 is 4.74 Å². The molecule has 0 atom stereocenters. The lowest BCUT2D eigenvalue weighted by molar-refractivity contribution is 0.414. The number of ether oxygens (including phenoxy) is 1. The lowest BCUT2D eigenvalue weighted by Gasteiger charge is -2.11. The van der Waals surface area contributed by atoms with Gasteiger partial charge in [-0.25, -0.2) is 14.7 Å². The summed E-state index contributed by atoms with van der Waals surface area (Å²) in [5.41, 5.74) is 3.37. The van der Waals surface area contributed by atoms with Crippen LogP contribution in [0.1, 0.15) is 18.1 Å². The molecule has 154 valence electrons. The summed E-state index contributed by atoms with van der Waals surface area (Å²) in [5, 5.41) is 10.8. The lowest BCUT2D eigenvalue weighted by atomic mass is 10.1. The highest BCUT2D eigenvalue weighted by molar-refractivity contribution is 14.0. The molecule has 2 aromatic carbocycles. The van der Waals surface area contributed by atoms with Crippen molar-refractivity contribution in [2.24, 2.45) is 4.99 Å². The van der Waals surface area contributed by atoms with Crippen LogP contribution < -0.4 is 15.4 Å². The maximum absolute atomic E-state index is 5.19. The molecule has 0 amide bonds. The summed E-state index contributed by atoms with van der Waals surface area (Å²) in [6.07, 6.45) is 4.13. The van der Waals surface area contributed by atoms with Gasteiger partial charge in [0.25, 0.3) is 0 Å². The summed E-state index contributed by atoms with van der Waals surface area (Å²) < 4.78 is 6.93. The van der Waals surface area contributed by atoms with Gasteiger partial charge in [0, 0.05) is 13.1 Å². The maximum atomic E-state index is 5.19. The van der Waals surface area contributed by atoms with Crippen molar-refractivity contribution in [2.75, 3.05) is 20.2 Å². The van der Waals surface area contributed by atoms with Crippen LogP contribution in [0.2, 0.25) is 0 Å². The van der Waals surface area contributed by atoms with E-state index in [-0.39, 0.29) is 24.0 Å². The van der Waals surface area contributed by atoms with Crippen LogP contribution in [-0.2, 0) is 13.0 Å². The number of rotatable bonds is 8. The van der Waals surface area contributed by atoms with Gasteiger partial charge in [0.1, 0.15) is 18.4 Å². The highest BCUT2D eigenvalue weighted by Crippen LogP contribution is 2.11. The quantitative estimate of drug-likeness (QED) is 0.279. The zero-order chi connectivity index (χ0) is 19.6. The number of aromatic nitrogens is 3. The molecule has 1 heterocycles. The highest BCUT2D eigenvalue weighted by atomic mass is 127. The Morgan fingerprint density at radius 3 is 2.38 bits per heavy atom. The number of benzene rings is 2. The molecule has 3 aromatic rings. The fourth-order valence-electron chi connectivity index (χ4n) is 2.73. The third kappa shape index (κ3) is 7.04. The molecule has 2 N–H and O–H groups in total.